The Bertz CT molecular complexity index is 325. The normalized spacial score (nSPS) is 24.9. The summed E-state index contributed by atoms with van der Waals surface area (Å²) < 4.78 is 6.32. The Labute approximate surface area is 106 Å². The molecular formula is C13H18BrNO. The first kappa shape index (κ1) is 12.1. The minimum Gasteiger partial charge on any atom is -0.383 e. The number of rotatable bonds is 4. The van der Waals surface area contributed by atoms with Gasteiger partial charge in [0.1, 0.15) is 0 Å². The molecule has 2 nitrogen and oxygen atoms in total. The zero-order valence-corrected chi connectivity index (χ0v) is 11.2. The number of halogens is 1. The number of hydrogen-bond acceptors (Lipinski definition) is 2. The molecule has 0 aromatic heterocycles. The lowest BCUT2D eigenvalue weighted by Gasteiger charge is -2.09. The van der Waals surface area contributed by atoms with E-state index < -0.39 is 0 Å². The summed E-state index contributed by atoms with van der Waals surface area (Å²) in [6.45, 7) is 1.95. The van der Waals surface area contributed by atoms with Crippen molar-refractivity contribution in [3.8, 4) is 0 Å². The summed E-state index contributed by atoms with van der Waals surface area (Å²) in [4.78, 5) is 0. The standard InChI is InChI=1S/C13H18BrNO/c1-16-9-13-7-11(8-15-13)6-10-2-4-12(14)5-3-10/h2-5,11,13,15H,6-9H2,1H3. The molecule has 0 saturated carbocycles. The summed E-state index contributed by atoms with van der Waals surface area (Å²) in [6.07, 6.45) is 2.39. The van der Waals surface area contributed by atoms with Gasteiger partial charge in [0.15, 0.2) is 0 Å². The van der Waals surface area contributed by atoms with Gasteiger partial charge < -0.3 is 10.1 Å². The summed E-state index contributed by atoms with van der Waals surface area (Å²) in [6, 6.07) is 9.18. The number of nitrogens with one attached hydrogen (secondary N) is 1. The molecule has 1 aliphatic heterocycles. The van der Waals surface area contributed by atoms with Gasteiger partial charge in [0.2, 0.25) is 0 Å². The molecule has 1 aromatic rings. The van der Waals surface area contributed by atoms with Gasteiger partial charge in [-0.15, -0.1) is 0 Å². The fraction of sp³-hybridized carbons (Fsp3) is 0.538. The molecule has 1 N–H and O–H groups in total. The minimum atomic E-state index is 0.547. The maximum atomic E-state index is 5.17. The first-order valence-corrected chi connectivity index (χ1v) is 6.54. The van der Waals surface area contributed by atoms with E-state index in [4.69, 9.17) is 4.74 Å². The average molecular weight is 284 g/mol. The van der Waals surface area contributed by atoms with E-state index in [2.05, 4.69) is 45.5 Å². The van der Waals surface area contributed by atoms with E-state index in [1.54, 1.807) is 7.11 Å². The lowest BCUT2D eigenvalue weighted by Crippen LogP contribution is -2.25. The SMILES string of the molecule is COCC1CC(Cc2ccc(Br)cc2)CN1. The van der Waals surface area contributed by atoms with E-state index in [1.807, 2.05) is 0 Å². The summed E-state index contributed by atoms with van der Waals surface area (Å²) in [7, 11) is 1.77. The highest BCUT2D eigenvalue weighted by molar-refractivity contribution is 9.10. The second-order valence-corrected chi connectivity index (χ2v) is 5.41. The van der Waals surface area contributed by atoms with Crippen LogP contribution >= 0.6 is 15.9 Å². The van der Waals surface area contributed by atoms with Gasteiger partial charge in [-0.05, 0) is 43.0 Å². The zero-order chi connectivity index (χ0) is 11.4. The van der Waals surface area contributed by atoms with Crippen LogP contribution in [0.1, 0.15) is 12.0 Å². The van der Waals surface area contributed by atoms with Crippen molar-refractivity contribution in [1.29, 1.82) is 0 Å². The molecule has 1 heterocycles. The van der Waals surface area contributed by atoms with Crippen LogP contribution in [0.25, 0.3) is 0 Å². The van der Waals surface area contributed by atoms with Crippen molar-refractivity contribution in [2.45, 2.75) is 18.9 Å². The number of methoxy groups -OCH3 is 1. The average Bonchev–Trinajstić information content (AvgIpc) is 2.70. The second-order valence-electron chi connectivity index (χ2n) is 4.49. The summed E-state index contributed by atoms with van der Waals surface area (Å²) in [5.74, 6) is 0.751. The predicted molar refractivity (Wildman–Crippen MR) is 69.6 cm³/mol. The molecule has 3 heteroatoms. The number of benzene rings is 1. The fourth-order valence-electron chi connectivity index (χ4n) is 2.34. The van der Waals surface area contributed by atoms with E-state index in [-0.39, 0.29) is 0 Å². The number of hydrogen-bond donors (Lipinski definition) is 1. The van der Waals surface area contributed by atoms with Crippen LogP contribution in [-0.2, 0) is 11.2 Å². The molecule has 2 rings (SSSR count). The van der Waals surface area contributed by atoms with Crippen LogP contribution < -0.4 is 5.32 Å². The van der Waals surface area contributed by atoms with Crippen LogP contribution in [0.5, 0.6) is 0 Å². The molecule has 0 aliphatic carbocycles. The Morgan fingerprint density at radius 2 is 2.12 bits per heavy atom. The van der Waals surface area contributed by atoms with Crippen molar-refractivity contribution in [3.05, 3.63) is 34.3 Å². The quantitative estimate of drug-likeness (QED) is 0.917. The monoisotopic (exact) mass is 283 g/mol. The van der Waals surface area contributed by atoms with Gasteiger partial charge in [0, 0.05) is 17.6 Å². The first-order valence-electron chi connectivity index (χ1n) is 5.74. The Morgan fingerprint density at radius 3 is 2.81 bits per heavy atom. The van der Waals surface area contributed by atoms with E-state index in [0.717, 1.165) is 23.5 Å². The molecule has 1 aromatic carbocycles. The maximum absolute atomic E-state index is 5.17. The van der Waals surface area contributed by atoms with E-state index in [9.17, 15) is 0 Å². The molecule has 0 radical (unpaired) electrons. The molecule has 0 spiro atoms. The third-order valence-corrected chi connectivity index (χ3v) is 3.65. The summed E-state index contributed by atoms with van der Waals surface area (Å²) >= 11 is 3.46. The van der Waals surface area contributed by atoms with Crippen molar-refractivity contribution in [3.63, 3.8) is 0 Å². The molecule has 0 bridgehead atoms. The van der Waals surface area contributed by atoms with Gasteiger partial charge >= 0.3 is 0 Å². The summed E-state index contributed by atoms with van der Waals surface area (Å²) in [5, 5.41) is 3.50. The van der Waals surface area contributed by atoms with E-state index in [0.29, 0.717) is 6.04 Å². The van der Waals surface area contributed by atoms with Crippen LogP contribution in [-0.4, -0.2) is 26.3 Å². The predicted octanol–water partition coefficient (Wildman–Crippen LogP) is 2.62. The zero-order valence-electron chi connectivity index (χ0n) is 9.58. The van der Waals surface area contributed by atoms with Crippen LogP contribution in [0.4, 0.5) is 0 Å². The van der Waals surface area contributed by atoms with Crippen molar-refractivity contribution in [2.24, 2.45) is 5.92 Å². The van der Waals surface area contributed by atoms with Crippen LogP contribution in [0.15, 0.2) is 28.7 Å². The lowest BCUT2D eigenvalue weighted by atomic mass is 9.97. The van der Waals surface area contributed by atoms with Crippen molar-refractivity contribution >= 4 is 15.9 Å². The van der Waals surface area contributed by atoms with E-state index in [1.165, 1.54) is 18.4 Å². The Hall–Kier alpha value is -0.380. The molecule has 1 saturated heterocycles. The Morgan fingerprint density at radius 1 is 1.38 bits per heavy atom. The molecular weight excluding hydrogens is 266 g/mol. The highest BCUT2D eigenvalue weighted by atomic mass is 79.9. The van der Waals surface area contributed by atoms with Crippen molar-refractivity contribution < 1.29 is 4.74 Å². The van der Waals surface area contributed by atoms with Crippen LogP contribution in [0.3, 0.4) is 0 Å². The molecule has 2 unspecified atom stereocenters. The Balaban J connectivity index is 1.84. The van der Waals surface area contributed by atoms with Gasteiger partial charge in [0.25, 0.3) is 0 Å². The summed E-state index contributed by atoms with van der Waals surface area (Å²) in [5.41, 5.74) is 1.42. The molecule has 1 fully saturated rings. The third kappa shape index (κ3) is 3.30. The third-order valence-electron chi connectivity index (χ3n) is 3.12. The molecule has 16 heavy (non-hydrogen) atoms. The molecule has 1 aliphatic rings. The largest absolute Gasteiger partial charge is 0.383 e. The van der Waals surface area contributed by atoms with Gasteiger partial charge in [-0.1, -0.05) is 28.1 Å². The highest BCUT2D eigenvalue weighted by Gasteiger charge is 2.23. The highest BCUT2D eigenvalue weighted by Crippen LogP contribution is 2.20. The Kier molecular flexibility index (Phi) is 4.38. The van der Waals surface area contributed by atoms with Crippen molar-refractivity contribution in [1.82, 2.24) is 5.32 Å². The smallest absolute Gasteiger partial charge is 0.0615 e. The fourth-order valence-corrected chi connectivity index (χ4v) is 2.60. The van der Waals surface area contributed by atoms with E-state index >= 15 is 0 Å². The van der Waals surface area contributed by atoms with Crippen LogP contribution in [0.2, 0.25) is 0 Å². The van der Waals surface area contributed by atoms with Gasteiger partial charge in [-0.3, -0.25) is 0 Å². The maximum Gasteiger partial charge on any atom is 0.0615 e. The lowest BCUT2D eigenvalue weighted by molar-refractivity contribution is 0.172. The van der Waals surface area contributed by atoms with Crippen LogP contribution in [0, 0.1) is 5.92 Å². The topological polar surface area (TPSA) is 21.3 Å². The molecule has 88 valence electrons. The molecule has 0 amide bonds. The van der Waals surface area contributed by atoms with Crippen molar-refractivity contribution in [2.75, 3.05) is 20.3 Å². The second kappa shape index (κ2) is 5.80. The first-order chi connectivity index (χ1) is 7.78. The van der Waals surface area contributed by atoms with Gasteiger partial charge in [0.05, 0.1) is 6.61 Å². The van der Waals surface area contributed by atoms with Gasteiger partial charge in [-0.2, -0.15) is 0 Å². The minimum absolute atomic E-state index is 0.547. The van der Waals surface area contributed by atoms with Gasteiger partial charge in [-0.25, -0.2) is 0 Å². The number of ether oxygens (including phenoxy) is 1. The molecule has 2 atom stereocenters.